The van der Waals surface area contributed by atoms with Crippen LogP contribution in [0.15, 0.2) is 84.0 Å². The standard InChI is InChI=1S/C23H21N5OS/c1-2-29-21-11-7-6-10-20(21)22-26-27-23(30)28(22)24-16-17-12-14-19(15-13-17)25-18-8-4-3-5-9-18/h3-16,25H,2H2,1H3,(H,27,30)/b24-16-. The maximum absolute atomic E-state index is 5.72. The smallest absolute Gasteiger partial charge is 0.216 e. The Hall–Kier alpha value is -3.71. The van der Waals surface area contributed by atoms with Crippen molar-refractivity contribution in [1.82, 2.24) is 14.9 Å². The van der Waals surface area contributed by atoms with Gasteiger partial charge in [-0.2, -0.15) is 14.9 Å². The maximum atomic E-state index is 5.72. The van der Waals surface area contributed by atoms with Gasteiger partial charge in [0.1, 0.15) is 5.75 Å². The number of hydrogen-bond acceptors (Lipinski definition) is 5. The van der Waals surface area contributed by atoms with E-state index in [2.05, 4.69) is 20.6 Å². The highest BCUT2D eigenvalue weighted by atomic mass is 32.1. The topological polar surface area (TPSA) is 67.2 Å². The Morgan fingerprint density at radius 1 is 1.00 bits per heavy atom. The lowest BCUT2D eigenvalue weighted by molar-refractivity contribution is 0.341. The predicted octanol–water partition coefficient (Wildman–Crippen LogP) is 5.63. The Balaban J connectivity index is 1.57. The third-order valence-electron chi connectivity index (χ3n) is 4.37. The molecule has 0 aliphatic heterocycles. The van der Waals surface area contributed by atoms with Gasteiger partial charge in [0.2, 0.25) is 4.77 Å². The summed E-state index contributed by atoms with van der Waals surface area (Å²) < 4.78 is 7.73. The Kier molecular flexibility index (Phi) is 6.01. The first-order valence-corrected chi connectivity index (χ1v) is 10.0. The van der Waals surface area contributed by atoms with Crippen LogP contribution in [-0.2, 0) is 0 Å². The van der Waals surface area contributed by atoms with Gasteiger partial charge < -0.3 is 10.1 Å². The van der Waals surface area contributed by atoms with Crippen LogP contribution in [0.1, 0.15) is 12.5 Å². The quantitative estimate of drug-likeness (QED) is 0.303. The molecule has 0 aliphatic carbocycles. The summed E-state index contributed by atoms with van der Waals surface area (Å²) in [6, 6.07) is 25.7. The Morgan fingerprint density at radius 2 is 1.70 bits per heavy atom. The van der Waals surface area contributed by atoms with E-state index in [1.807, 2.05) is 85.8 Å². The van der Waals surface area contributed by atoms with E-state index in [0.29, 0.717) is 17.2 Å². The van der Waals surface area contributed by atoms with Crippen LogP contribution in [-0.4, -0.2) is 27.7 Å². The molecule has 0 spiro atoms. The van der Waals surface area contributed by atoms with Gasteiger partial charge in [0, 0.05) is 11.4 Å². The lowest BCUT2D eigenvalue weighted by Crippen LogP contribution is -1.99. The highest BCUT2D eigenvalue weighted by molar-refractivity contribution is 7.71. The number of nitrogens with one attached hydrogen (secondary N) is 2. The monoisotopic (exact) mass is 415 g/mol. The molecule has 7 heteroatoms. The first-order chi connectivity index (χ1) is 14.7. The summed E-state index contributed by atoms with van der Waals surface area (Å²) in [5.41, 5.74) is 3.82. The zero-order chi connectivity index (χ0) is 20.8. The van der Waals surface area contributed by atoms with E-state index in [-0.39, 0.29) is 0 Å². The van der Waals surface area contributed by atoms with E-state index >= 15 is 0 Å². The molecule has 3 aromatic carbocycles. The molecule has 150 valence electrons. The zero-order valence-electron chi connectivity index (χ0n) is 16.4. The molecule has 0 amide bonds. The SMILES string of the molecule is CCOc1ccccc1-c1n[nH]c(=S)n1/N=C\c1ccc(Nc2ccccc2)cc1. The van der Waals surface area contributed by atoms with Gasteiger partial charge in [0.25, 0.3) is 0 Å². The second kappa shape index (κ2) is 9.19. The molecule has 0 atom stereocenters. The summed E-state index contributed by atoms with van der Waals surface area (Å²) in [5, 5.41) is 15.1. The molecule has 0 radical (unpaired) electrons. The number of aromatic amines is 1. The average Bonchev–Trinajstić information content (AvgIpc) is 3.15. The molecule has 0 saturated heterocycles. The van der Waals surface area contributed by atoms with Crippen LogP contribution >= 0.6 is 12.2 Å². The van der Waals surface area contributed by atoms with Crippen LogP contribution in [0.2, 0.25) is 0 Å². The molecule has 30 heavy (non-hydrogen) atoms. The minimum Gasteiger partial charge on any atom is -0.493 e. The minimum absolute atomic E-state index is 0.412. The number of H-pyrrole nitrogens is 1. The molecule has 2 N–H and O–H groups in total. The average molecular weight is 416 g/mol. The van der Waals surface area contributed by atoms with E-state index in [1.165, 1.54) is 0 Å². The molecule has 6 nitrogen and oxygen atoms in total. The lowest BCUT2D eigenvalue weighted by atomic mass is 10.2. The third kappa shape index (κ3) is 4.47. The molecule has 0 fully saturated rings. The molecular weight excluding hydrogens is 394 g/mol. The summed E-state index contributed by atoms with van der Waals surface area (Å²) in [7, 11) is 0. The van der Waals surface area contributed by atoms with Crippen molar-refractivity contribution < 1.29 is 4.74 Å². The molecule has 0 bridgehead atoms. The predicted molar refractivity (Wildman–Crippen MR) is 123 cm³/mol. The maximum Gasteiger partial charge on any atom is 0.216 e. The Bertz CT molecular complexity index is 1200. The van der Waals surface area contributed by atoms with Crippen molar-refractivity contribution in [2.24, 2.45) is 5.10 Å². The molecule has 1 aromatic heterocycles. The fourth-order valence-corrected chi connectivity index (χ4v) is 3.15. The van der Waals surface area contributed by atoms with Gasteiger partial charge in [-0.05, 0) is 61.1 Å². The second-order valence-electron chi connectivity index (χ2n) is 6.45. The van der Waals surface area contributed by atoms with Crippen molar-refractivity contribution in [3.63, 3.8) is 0 Å². The van der Waals surface area contributed by atoms with Crippen molar-refractivity contribution in [3.8, 4) is 17.1 Å². The van der Waals surface area contributed by atoms with Crippen LogP contribution in [0.5, 0.6) is 5.75 Å². The summed E-state index contributed by atoms with van der Waals surface area (Å²) in [6.07, 6.45) is 1.75. The molecule has 4 aromatic rings. The number of anilines is 2. The number of rotatable bonds is 7. The van der Waals surface area contributed by atoms with Crippen molar-refractivity contribution in [3.05, 3.63) is 89.2 Å². The first-order valence-electron chi connectivity index (χ1n) is 9.60. The fourth-order valence-electron chi connectivity index (χ4n) is 2.97. The molecule has 1 heterocycles. The lowest BCUT2D eigenvalue weighted by Gasteiger charge is -2.09. The Labute approximate surface area is 179 Å². The van der Waals surface area contributed by atoms with Gasteiger partial charge in [-0.1, -0.05) is 42.5 Å². The third-order valence-corrected chi connectivity index (χ3v) is 4.64. The van der Waals surface area contributed by atoms with Gasteiger partial charge in [-0.15, -0.1) is 0 Å². The zero-order valence-corrected chi connectivity index (χ0v) is 17.3. The molecule has 0 unspecified atom stereocenters. The molecular formula is C23H21N5OS. The molecule has 0 aliphatic rings. The molecule has 4 rings (SSSR count). The van der Waals surface area contributed by atoms with Crippen molar-refractivity contribution in [1.29, 1.82) is 0 Å². The van der Waals surface area contributed by atoms with E-state index < -0.39 is 0 Å². The van der Waals surface area contributed by atoms with Crippen LogP contribution < -0.4 is 10.1 Å². The molecule has 0 saturated carbocycles. The van der Waals surface area contributed by atoms with Gasteiger partial charge in [-0.25, -0.2) is 5.10 Å². The normalized spacial score (nSPS) is 11.0. The number of benzene rings is 3. The van der Waals surface area contributed by atoms with Crippen LogP contribution in [0.25, 0.3) is 11.4 Å². The van der Waals surface area contributed by atoms with E-state index in [0.717, 1.165) is 28.3 Å². The number of hydrogen-bond donors (Lipinski definition) is 2. The summed E-state index contributed by atoms with van der Waals surface area (Å²) in [5.74, 6) is 1.34. The van der Waals surface area contributed by atoms with Crippen molar-refractivity contribution >= 4 is 29.8 Å². The fraction of sp³-hybridized carbons (Fsp3) is 0.0870. The van der Waals surface area contributed by atoms with E-state index in [9.17, 15) is 0 Å². The van der Waals surface area contributed by atoms with Crippen LogP contribution in [0.4, 0.5) is 11.4 Å². The van der Waals surface area contributed by atoms with E-state index in [4.69, 9.17) is 17.0 Å². The summed E-state index contributed by atoms with van der Waals surface area (Å²) in [4.78, 5) is 0. The van der Waals surface area contributed by atoms with E-state index in [1.54, 1.807) is 10.9 Å². The number of aromatic nitrogens is 3. The largest absolute Gasteiger partial charge is 0.493 e. The number of ether oxygens (including phenoxy) is 1. The first kappa shape index (κ1) is 19.6. The van der Waals surface area contributed by atoms with Gasteiger partial charge in [0.05, 0.1) is 18.4 Å². The van der Waals surface area contributed by atoms with Crippen molar-refractivity contribution in [2.75, 3.05) is 11.9 Å². The van der Waals surface area contributed by atoms with Crippen molar-refractivity contribution in [2.45, 2.75) is 6.92 Å². The number of nitrogens with zero attached hydrogens (tertiary/aromatic N) is 3. The second-order valence-corrected chi connectivity index (χ2v) is 6.84. The highest BCUT2D eigenvalue weighted by Crippen LogP contribution is 2.28. The Morgan fingerprint density at radius 3 is 2.47 bits per heavy atom. The minimum atomic E-state index is 0.412. The highest BCUT2D eigenvalue weighted by Gasteiger charge is 2.13. The van der Waals surface area contributed by atoms with Gasteiger partial charge >= 0.3 is 0 Å². The van der Waals surface area contributed by atoms with Gasteiger partial charge in [-0.3, -0.25) is 0 Å². The van der Waals surface area contributed by atoms with Crippen LogP contribution in [0, 0.1) is 4.77 Å². The summed E-state index contributed by atoms with van der Waals surface area (Å²) in [6.45, 7) is 2.51. The van der Waals surface area contributed by atoms with Gasteiger partial charge in [0.15, 0.2) is 5.82 Å². The van der Waals surface area contributed by atoms with Crippen LogP contribution in [0.3, 0.4) is 0 Å². The summed E-state index contributed by atoms with van der Waals surface area (Å²) >= 11 is 5.37. The number of para-hydroxylation sites is 2.